The molecule has 1 saturated carbocycles. The highest BCUT2D eigenvalue weighted by atomic mass is 19.1. The van der Waals surface area contributed by atoms with E-state index in [1.54, 1.807) is 27.4 Å². The first-order valence-electron chi connectivity index (χ1n) is 10.9. The molecule has 1 aliphatic rings. The molecule has 0 aliphatic heterocycles. The van der Waals surface area contributed by atoms with E-state index in [4.69, 9.17) is 15.8 Å². The summed E-state index contributed by atoms with van der Waals surface area (Å²) in [5.41, 5.74) is 8.01. The van der Waals surface area contributed by atoms with Crippen LogP contribution in [0.25, 0.3) is 33.2 Å². The fourth-order valence-corrected chi connectivity index (χ4v) is 4.40. The number of aromatic nitrogens is 6. The van der Waals surface area contributed by atoms with Gasteiger partial charge in [0.25, 0.3) is 5.56 Å². The van der Waals surface area contributed by atoms with Gasteiger partial charge in [-0.05, 0) is 50.1 Å². The van der Waals surface area contributed by atoms with Crippen LogP contribution in [0.4, 0.5) is 10.2 Å². The molecule has 6 rings (SSSR count). The van der Waals surface area contributed by atoms with Gasteiger partial charge in [-0.2, -0.15) is 5.10 Å². The van der Waals surface area contributed by atoms with Gasteiger partial charge >= 0.3 is 0 Å². The standard InChI is InChI=1S/C24H20FN7O2/c1-12(22-29-18-8-5-14(25)10-17(18)24(34)31(22)15-6-7-15)32-23-19(21(26)27-11-28-23)20(30-32)13-3-2-4-16(33)9-13/h2-5,8-12,15,33H,6-7H2,1H3,(H2,26,27,28). The van der Waals surface area contributed by atoms with Gasteiger partial charge in [-0.3, -0.25) is 9.36 Å². The molecule has 0 spiro atoms. The number of aromatic hydroxyl groups is 1. The van der Waals surface area contributed by atoms with Crippen LogP contribution in [0.15, 0.2) is 53.6 Å². The van der Waals surface area contributed by atoms with Crippen molar-refractivity contribution in [3.8, 4) is 17.0 Å². The fourth-order valence-electron chi connectivity index (χ4n) is 4.40. The van der Waals surface area contributed by atoms with Gasteiger partial charge in [0.1, 0.15) is 41.3 Å². The Labute approximate surface area is 192 Å². The lowest BCUT2D eigenvalue weighted by atomic mass is 10.1. The van der Waals surface area contributed by atoms with Gasteiger partial charge in [0.05, 0.1) is 16.3 Å². The molecule has 1 atom stereocenters. The molecule has 2 aromatic carbocycles. The van der Waals surface area contributed by atoms with Gasteiger partial charge in [-0.1, -0.05) is 12.1 Å². The van der Waals surface area contributed by atoms with Gasteiger partial charge in [0.15, 0.2) is 5.65 Å². The van der Waals surface area contributed by atoms with Crippen LogP contribution < -0.4 is 11.3 Å². The number of halogens is 1. The minimum atomic E-state index is -0.495. The summed E-state index contributed by atoms with van der Waals surface area (Å²) in [6.45, 7) is 1.88. The molecule has 1 fully saturated rings. The summed E-state index contributed by atoms with van der Waals surface area (Å²) in [6, 6.07) is 10.2. The van der Waals surface area contributed by atoms with Crippen LogP contribution in [0.1, 0.15) is 37.7 Å². The molecule has 170 valence electrons. The quantitative estimate of drug-likeness (QED) is 0.423. The summed E-state index contributed by atoms with van der Waals surface area (Å²) < 4.78 is 17.2. The van der Waals surface area contributed by atoms with E-state index in [1.807, 2.05) is 13.0 Å². The number of nitrogens with two attached hydrogens (primary N) is 1. The number of hydrogen-bond acceptors (Lipinski definition) is 7. The maximum atomic E-state index is 13.9. The molecule has 0 radical (unpaired) electrons. The molecule has 0 amide bonds. The molecular weight excluding hydrogens is 437 g/mol. The molecule has 5 aromatic rings. The highest BCUT2D eigenvalue weighted by Crippen LogP contribution is 2.38. The first-order valence-corrected chi connectivity index (χ1v) is 10.9. The number of hydrogen-bond donors (Lipinski definition) is 2. The summed E-state index contributed by atoms with van der Waals surface area (Å²) >= 11 is 0. The maximum Gasteiger partial charge on any atom is 0.261 e. The highest BCUT2D eigenvalue weighted by Gasteiger charge is 2.32. The zero-order valence-corrected chi connectivity index (χ0v) is 18.2. The zero-order chi connectivity index (χ0) is 23.6. The smallest absolute Gasteiger partial charge is 0.261 e. The van der Waals surface area contributed by atoms with Crippen LogP contribution in [0.3, 0.4) is 0 Å². The number of rotatable bonds is 4. The second kappa shape index (κ2) is 7.34. The lowest BCUT2D eigenvalue weighted by Gasteiger charge is -2.19. The van der Waals surface area contributed by atoms with E-state index in [0.29, 0.717) is 33.6 Å². The molecule has 3 N–H and O–H groups in total. The first-order chi connectivity index (χ1) is 16.4. The summed E-state index contributed by atoms with van der Waals surface area (Å²) in [7, 11) is 0. The number of fused-ring (bicyclic) bond motifs is 2. The Morgan fingerprint density at radius 1 is 1.18 bits per heavy atom. The van der Waals surface area contributed by atoms with Crippen molar-refractivity contribution >= 4 is 27.8 Å². The number of nitrogens with zero attached hydrogens (tertiary/aromatic N) is 6. The average molecular weight is 457 g/mol. The molecule has 3 aromatic heterocycles. The lowest BCUT2D eigenvalue weighted by Crippen LogP contribution is -2.28. The van der Waals surface area contributed by atoms with E-state index >= 15 is 0 Å². The van der Waals surface area contributed by atoms with Gasteiger partial charge in [-0.15, -0.1) is 0 Å². The van der Waals surface area contributed by atoms with Crippen molar-refractivity contribution in [3.63, 3.8) is 0 Å². The molecule has 3 heterocycles. The lowest BCUT2D eigenvalue weighted by molar-refractivity contribution is 0.475. The van der Waals surface area contributed by atoms with E-state index in [-0.39, 0.29) is 28.6 Å². The van der Waals surface area contributed by atoms with Gasteiger partial charge in [0.2, 0.25) is 0 Å². The minimum absolute atomic E-state index is 0.0113. The fraction of sp³-hybridized carbons (Fsp3) is 0.208. The minimum Gasteiger partial charge on any atom is -0.508 e. The van der Waals surface area contributed by atoms with Gasteiger partial charge in [0, 0.05) is 11.6 Å². The number of phenols is 1. The van der Waals surface area contributed by atoms with Gasteiger partial charge < -0.3 is 10.8 Å². The average Bonchev–Trinajstić information content (AvgIpc) is 3.58. The molecule has 34 heavy (non-hydrogen) atoms. The Balaban J connectivity index is 1.61. The van der Waals surface area contributed by atoms with Crippen LogP contribution in [-0.2, 0) is 0 Å². The third-order valence-corrected chi connectivity index (χ3v) is 6.18. The number of anilines is 1. The van der Waals surface area contributed by atoms with E-state index in [2.05, 4.69) is 9.97 Å². The van der Waals surface area contributed by atoms with E-state index in [0.717, 1.165) is 12.8 Å². The van der Waals surface area contributed by atoms with Crippen LogP contribution in [0.2, 0.25) is 0 Å². The zero-order valence-electron chi connectivity index (χ0n) is 18.2. The number of phenolic OH excluding ortho intramolecular Hbond substituents is 1. The number of nitrogen functional groups attached to an aromatic ring is 1. The maximum absolute atomic E-state index is 13.9. The van der Waals surface area contributed by atoms with Crippen molar-refractivity contribution < 1.29 is 9.50 Å². The van der Waals surface area contributed by atoms with Crippen molar-refractivity contribution in [2.45, 2.75) is 31.8 Å². The van der Waals surface area contributed by atoms with Gasteiger partial charge in [-0.25, -0.2) is 24.0 Å². The largest absolute Gasteiger partial charge is 0.508 e. The highest BCUT2D eigenvalue weighted by molar-refractivity contribution is 5.98. The topological polar surface area (TPSA) is 125 Å². The predicted molar refractivity (Wildman–Crippen MR) is 125 cm³/mol. The monoisotopic (exact) mass is 457 g/mol. The Bertz CT molecular complexity index is 1660. The molecule has 10 heteroatoms. The Morgan fingerprint density at radius 2 is 2.00 bits per heavy atom. The van der Waals surface area contributed by atoms with Crippen molar-refractivity contribution in [3.05, 3.63) is 70.8 Å². The molecule has 1 unspecified atom stereocenters. The van der Waals surface area contributed by atoms with Crippen molar-refractivity contribution in [1.82, 2.24) is 29.3 Å². The van der Waals surface area contributed by atoms with Crippen molar-refractivity contribution in [1.29, 1.82) is 0 Å². The van der Waals surface area contributed by atoms with Crippen LogP contribution >= 0.6 is 0 Å². The summed E-state index contributed by atoms with van der Waals surface area (Å²) in [5.74, 6) is 0.379. The predicted octanol–water partition coefficient (Wildman–Crippen LogP) is 3.57. The molecule has 9 nitrogen and oxygen atoms in total. The molecule has 1 aliphatic carbocycles. The summed E-state index contributed by atoms with van der Waals surface area (Å²) in [4.78, 5) is 26.7. The Hall–Kier alpha value is -4.34. The molecular formula is C24H20FN7O2. The second-order valence-electron chi connectivity index (χ2n) is 8.51. The Kier molecular flexibility index (Phi) is 4.38. The van der Waals surface area contributed by atoms with Crippen LogP contribution in [0, 0.1) is 5.82 Å². The van der Waals surface area contributed by atoms with E-state index in [1.165, 1.54) is 24.5 Å². The second-order valence-corrected chi connectivity index (χ2v) is 8.51. The summed E-state index contributed by atoms with van der Waals surface area (Å²) in [6.07, 6.45) is 3.07. The number of benzene rings is 2. The SMILES string of the molecule is CC(c1nc2ccc(F)cc2c(=O)n1C1CC1)n1nc(-c2cccc(O)c2)c2c(N)ncnc21. The van der Waals surface area contributed by atoms with E-state index < -0.39 is 11.9 Å². The van der Waals surface area contributed by atoms with Crippen LogP contribution in [0.5, 0.6) is 5.75 Å². The van der Waals surface area contributed by atoms with Crippen molar-refractivity contribution in [2.75, 3.05) is 5.73 Å². The first kappa shape index (κ1) is 20.3. The van der Waals surface area contributed by atoms with Crippen LogP contribution in [-0.4, -0.2) is 34.4 Å². The molecule has 0 bridgehead atoms. The summed E-state index contributed by atoms with van der Waals surface area (Å²) in [5, 5.41) is 15.6. The third kappa shape index (κ3) is 3.10. The van der Waals surface area contributed by atoms with Crippen molar-refractivity contribution in [2.24, 2.45) is 0 Å². The normalized spacial score (nSPS) is 14.6. The third-order valence-electron chi connectivity index (χ3n) is 6.18. The Morgan fingerprint density at radius 3 is 2.76 bits per heavy atom. The van der Waals surface area contributed by atoms with E-state index in [9.17, 15) is 14.3 Å². The molecule has 0 saturated heterocycles.